The minimum Gasteiger partial charge on any atom is -0.381 e. The molecule has 0 bridgehead atoms. The molecule has 4 aromatic rings. The van der Waals surface area contributed by atoms with Crippen molar-refractivity contribution in [3.8, 4) is 0 Å². The first-order chi connectivity index (χ1) is 18.4. The molecule has 4 heterocycles. The Bertz CT molecular complexity index is 1510. The number of para-hydroxylation sites is 2. The van der Waals surface area contributed by atoms with Crippen LogP contribution in [0.5, 0.6) is 0 Å². The fourth-order valence-electron chi connectivity index (χ4n) is 5.98. The molecule has 1 fully saturated rings. The number of hydrogen-bond donors (Lipinski definition) is 1. The molecule has 198 valence electrons. The summed E-state index contributed by atoms with van der Waals surface area (Å²) in [6.45, 7) is 4.60. The summed E-state index contributed by atoms with van der Waals surface area (Å²) in [6.07, 6.45) is 3.03. The van der Waals surface area contributed by atoms with Crippen molar-refractivity contribution in [1.82, 2.24) is 24.3 Å². The molecule has 6 rings (SSSR count). The highest BCUT2D eigenvalue weighted by molar-refractivity contribution is 6.03. The Kier molecular flexibility index (Phi) is 6.53. The lowest BCUT2D eigenvalue weighted by Crippen LogP contribution is -2.41. The molecule has 2 aliphatic rings. The van der Waals surface area contributed by atoms with Crippen LogP contribution in [0.15, 0.2) is 48.5 Å². The number of fused-ring (bicyclic) bond motifs is 4. The van der Waals surface area contributed by atoms with Crippen LogP contribution in [0.2, 0.25) is 0 Å². The van der Waals surface area contributed by atoms with Crippen molar-refractivity contribution in [2.75, 3.05) is 40.4 Å². The standard InChI is InChI=1S/C30H35N5O3/c1-33(2)12-5-13-34-24-7-4-3-6-23(24)32-28(34)18-27(36)22-9-8-21-16-26-29(37)31-19-30(10-14-38-15-11-30)20-35(26)25(21)17-22/h3-4,6-9,16-17H,5,10-15,18-20H2,1-2H3,(H,31,37). The molecule has 1 amide bonds. The van der Waals surface area contributed by atoms with Crippen molar-refractivity contribution in [3.05, 3.63) is 65.6 Å². The van der Waals surface area contributed by atoms with Gasteiger partial charge in [0, 0.05) is 54.7 Å². The Morgan fingerprint density at radius 2 is 1.92 bits per heavy atom. The van der Waals surface area contributed by atoms with Gasteiger partial charge in [-0.15, -0.1) is 0 Å². The van der Waals surface area contributed by atoms with Gasteiger partial charge in [-0.3, -0.25) is 9.59 Å². The number of carbonyl (C=O) groups is 2. The fourth-order valence-corrected chi connectivity index (χ4v) is 5.98. The van der Waals surface area contributed by atoms with E-state index < -0.39 is 0 Å². The number of hydrogen-bond acceptors (Lipinski definition) is 5. The summed E-state index contributed by atoms with van der Waals surface area (Å²) in [7, 11) is 4.14. The minimum absolute atomic E-state index is 0.0253. The van der Waals surface area contributed by atoms with Crippen LogP contribution in [0.25, 0.3) is 21.9 Å². The van der Waals surface area contributed by atoms with E-state index in [4.69, 9.17) is 9.72 Å². The van der Waals surface area contributed by atoms with Crippen LogP contribution >= 0.6 is 0 Å². The molecule has 2 aliphatic heterocycles. The average molecular weight is 514 g/mol. The van der Waals surface area contributed by atoms with Gasteiger partial charge >= 0.3 is 0 Å². The predicted molar refractivity (Wildman–Crippen MR) is 148 cm³/mol. The number of carbonyl (C=O) groups excluding carboxylic acids is 2. The first-order valence-electron chi connectivity index (χ1n) is 13.5. The molecule has 2 aromatic heterocycles. The second kappa shape index (κ2) is 10.0. The number of imidazole rings is 1. The summed E-state index contributed by atoms with van der Waals surface area (Å²) >= 11 is 0. The van der Waals surface area contributed by atoms with Gasteiger partial charge in [-0.25, -0.2) is 4.98 Å². The zero-order valence-corrected chi connectivity index (χ0v) is 22.2. The molecule has 8 heteroatoms. The molecule has 38 heavy (non-hydrogen) atoms. The molecule has 1 spiro atoms. The SMILES string of the molecule is CN(C)CCCn1c(CC(=O)c2ccc3cc4n(c3c2)CC2(CCOCC2)CNC4=O)nc2ccccc21. The molecule has 0 saturated carbocycles. The number of nitrogens with one attached hydrogen (secondary N) is 1. The van der Waals surface area contributed by atoms with Gasteiger partial charge in [-0.2, -0.15) is 0 Å². The maximum atomic E-state index is 13.6. The Morgan fingerprint density at radius 3 is 2.74 bits per heavy atom. The lowest BCUT2D eigenvalue weighted by Gasteiger charge is -2.36. The molecule has 0 unspecified atom stereocenters. The molecule has 1 saturated heterocycles. The maximum absolute atomic E-state index is 13.6. The third-order valence-electron chi connectivity index (χ3n) is 8.17. The zero-order valence-electron chi connectivity index (χ0n) is 22.2. The maximum Gasteiger partial charge on any atom is 0.267 e. The van der Waals surface area contributed by atoms with Gasteiger partial charge in [-0.05, 0) is 64.2 Å². The van der Waals surface area contributed by atoms with E-state index in [0.29, 0.717) is 31.0 Å². The molecular weight excluding hydrogens is 478 g/mol. The summed E-state index contributed by atoms with van der Waals surface area (Å²) in [4.78, 5) is 33.6. The van der Waals surface area contributed by atoms with Crippen molar-refractivity contribution in [2.45, 2.75) is 38.8 Å². The largest absolute Gasteiger partial charge is 0.381 e. The molecular formula is C30H35N5O3. The lowest BCUT2D eigenvalue weighted by atomic mass is 9.80. The van der Waals surface area contributed by atoms with Crippen molar-refractivity contribution in [3.63, 3.8) is 0 Å². The summed E-state index contributed by atoms with van der Waals surface area (Å²) < 4.78 is 9.93. The van der Waals surface area contributed by atoms with Crippen LogP contribution in [0.3, 0.4) is 0 Å². The van der Waals surface area contributed by atoms with E-state index in [1.165, 1.54) is 0 Å². The number of Topliss-reactive ketones (excluding diaryl/α,β-unsaturated/α-hetero) is 1. The minimum atomic E-state index is -0.0520. The molecule has 1 N–H and O–H groups in total. The average Bonchev–Trinajstić information content (AvgIpc) is 3.41. The molecule has 0 radical (unpaired) electrons. The van der Waals surface area contributed by atoms with Gasteiger partial charge in [0.25, 0.3) is 5.91 Å². The first kappa shape index (κ1) is 24.8. The fraction of sp³-hybridized carbons (Fsp3) is 0.433. The van der Waals surface area contributed by atoms with Crippen molar-refractivity contribution in [1.29, 1.82) is 0 Å². The summed E-state index contributed by atoms with van der Waals surface area (Å²) in [5.74, 6) is 0.777. The van der Waals surface area contributed by atoms with E-state index in [9.17, 15) is 9.59 Å². The van der Waals surface area contributed by atoms with Crippen molar-refractivity contribution in [2.24, 2.45) is 5.41 Å². The van der Waals surface area contributed by atoms with Crippen LogP contribution in [-0.2, 0) is 24.2 Å². The second-order valence-electron chi connectivity index (χ2n) is 11.1. The van der Waals surface area contributed by atoms with Crippen LogP contribution in [0.4, 0.5) is 0 Å². The topological polar surface area (TPSA) is 81.4 Å². The van der Waals surface area contributed by atoms with Gasteiger partial charge in [0.1, 0.15) is 11.5 Å². The van der Waals surface area contributed by atoms with Gasteiger partial charge in [-0.1, -0.05) is 24.3 Å². The molecule has 0 atom stereocenters. The second-order valence-corrected chi connectivity index (χ2v) is 11.1. The highest BCUT2D eigenvalue weighted by Crippen LogP contribution is 2.36. The van der Waals surface area contributed by atoms with Gasteiger partial charge < -0.3 is 24.1 Å². The number of nitrogens with zero attached hydrogens (tertiary/aromatic N) is 4. The van der Waals surface area contributed by atoms with Gasteiger partial charge in [0.2, 0.25) is 0 Å². The predicted octanol–water partition coefficient (Wildman–Crippen LogP) is 3.91. The summed E-state index contributed by atoms with van der Waals surface area (Å²) in [6, 6.07) is 15.8. The number of ether oxygens (including phenoxy) is 1. The summed E-state index contributed by atoms with van der Waals surface area (Å²) in [5, 5.41) is 4.12. The van der Waals surface area contributed by atoms with E-state index in [1.54, 1.807) is 0 Å². The number of aromatic nitrogens is 3. The Morgan fingerprint density at radius 1 is 1.11 bits per heavy atom. The molecule has 0 aliphatic carbocycles. The number of rotatable bonds is 7. The third kappa shape index (κ3) is 4.63. The van der Waals surface area contributed by atoms with Crippen molar-refractivity contribution < 1.29 is 14.3 Å². The normalized spacial score (nSPS) is 17.2. The molecule has 8 nitrogen and oxygen atoms in total. The van der Waals surface area contributed by atoms with E-state index in [-0.39, 0.29) is 23.5 Å². The molecule has 2 aromatic carbocycles. The zero-order chi connectivity index (χ0) is 26.3. The Balaban J connectivity index is 1.32. The van der Waals surface area contributed by atoms with E-state index in [1.807, 2.05) is 42.5 Å². The number of ketones is 1. The van der Waals surface area contributed by atoms with E-state index in [0.717, 1.165) is 66.7 Å². The third-order valence-corrected chi connectivity index (χ3v) is 8.17. The van der Waals surface area contributed by atoms with Crippen molar-refractivity contribution >= 4 is 33.6 Å². The Hall–Kier alpha value is -3.49. The van der Waals surface area contributed by atoms with Gasteiger partial charge in [0.05, 0.1) is 17.5 Å². The highest BCUT2D eigenvalue weighted by atomic mass is 16.5. The smallest absolute Gasteiger partial charge is 0.267 e. The van der Waals surface area contributed by atoms with Crippen LogP contribution in [0, 0.1) is 5.41 Å². The quantitative estimate of drug-likeness (QED) is 0.379. The number of aryl methyl sites for hydroxylation is 1. The van der Waals surface area contributed by atoms with E-state index in [2.05, 4.69) is 39.5 Å². The highest BCUT2D eigenvalue weighted by Gasteiger charge is 2.37. The summed E-state index contributed by atoms with van der Waals surface area (Å²) in [5.41, 5.74) is 4.21. The lowest BCUT2D eigenvalue weighted by molar-refractivity contribution is 0.00884. The monoisotopic (exact) mass is 513 g/mol. The van der Waals surface area contributed by atoms with Crippen LogP contribution in [0.1, 0.15) is 45.9 Å². The van der Waals surface area contributed by atoms with Gasteiger partial charge in [0.15, 0.2) is 5.78 Å². The van der Waals surface area contributed by atoms with Crippen LogP contribution in [-0.4, -0.2) is 71.1 Å². The van der Waals surface area contributed by atoms with Crippen LogP contribution < -0.4 is 5.32 Å². The number of amides is 1. The van der Waals surface area contributed by atoms with E-state index >= 15 is 0 Å². The number of benzene rings is 2. The Labute approximate surface area is 222 Å². The first-order valence-corrected chi connectivity index (χ1v) is 13.5.